The molecule has 3 amide bonds. The normalized spacial score (nSPS) is 27.8. The van der Waals surface area contributed by atoms with Crippen molar-refractivity contribution in [2.75, 3.05) is 52.7 Å². The molecule has 4 rings (SSSR count). The number of rotatable bonds is 9. The second-order valence-corrected chi connectivity index (χ2v) is 14.1. The number of ether oxygens (including phenoxy) is 1. The third-order valence-electron chi connectivity index (χ3n) is 7.95. The fourth-order valence-corrected chi connectivity index (χ4v) is 8.04. The number of carbonyl (C=O) groups is 3. The van der Waals surface area contributed by atoms with E-state index in [1.165, 1.54) is 11.3 Å². The molecule has 2 aliphatic carbocycles. The van der Waals surface area contributed by atoms with E-state index in [0.29, 0.717) is 42.8 Å². The molecule has 3 fully saturated rings. The molecule has 2 saturated carbocycles. The number of anilines is 1. The Kier molecular flexibility index (Phi) is 10.1. The van der Waals surface area contributed by atoms with Crippen molar-refractivity contribution in [1.29, 1.82) is 0 Å². The molecule has 0 spiro atoms. The number of aromatic nitrogens is 1. The molecule has 0 radical (unpaired) electrons. The minimum Gasteiger partial charge on any atom is -0.381 e. The molecule has 0 aromatic carbocycles. The van der Waals surface area contributed by atoms with E-state index < -0.39 is 0 Å². The lowest BCUT2D eigenvalue weighted by Crippen LogP contribution is -2.50. The molecular formula is C28H43N5O4S2. The van der Waals surface area contributed by atoms with Gasteiger partial charge in [0.05, 0.1) is 22.4 Å². The van der Waals surface area contributed by atoms with E-state index in [9.17, 15) is 14.4 Å². The molecule has 5 atom stereocenters. The summed E-state index contributed by atoms with van der Waals surface area (Å²) in [6, 6.07) is -0.0852. The summed E-state index contributed by atoms with van der Waals surface area (Å²) >= 11 is 3.26. The number of nitrogens with one attached hydrogen (secondary N) is 1. The first-order valence-electron chi connectivity index (χ1n) is 14.0. The molecule has 4 unspecified atom stereocenters. The van der Waals surface area contributed by atoms with Gasteiger partial charge in [0.1, 0.15) is 0 Å². The number of methoxy groups -OCH3 is 1. The Hall–Kier alpha value is -1.95. The van der Waals surface area contributed by atoms with E-state index in [2.05, 4.69) is 23.8 Å². The van der Waals surface area contributed by atoms with Crippen LogP contribution >= 0.6 is 23.1 Å². The number of thiazole rings is 1. The Balaban J connectivity index is 1.39. The van der Waals surface area contributed by atoms with Gasteiger partial charge in [-0.25, -0.2) is 4.98 Å². The zero-order valence-corrected chi connectivity index (χ0v) is 25.5. The molecule has 9 nitrogen and oxygen atoms in total. The first-order valence-corrected chi connectivity index (χ1v) is 15.6. The van der Waals surface area contributed by atoms with Crippen LogP contribution in [0, 0.1) is 17.8 Å². The molecule has 0 bridgehead atoms. The van der Waals surface area contributed by atoms with Crippen LogP contribution in [-0.2, 0) is 19.1 Å². The van der Waals surface area contributed by atoms with E-state index in [4.69, 9.17) is 4.74 Å². The van der Waals surface area contributed by atoms with Crippen LogP contribution in [0.25, 0.3) is 0 Å². The Morgan fingerprint density at radius 2 is 1.97 bits per heavy atom. The number of hydrogen-bond acceptors (Lipinski definition) is 8. The Labute approximate surface area is 240 Å². The van der Waals surface area contributed by atoms with E-state index in [-0.39, 0.29) is 47.0 Å². The number of nitrogens with zero attached hydrogens (tertiary/aromatic N) is 4. The van der Waals surface area contributed by atoms with Crippen molar-refractivity contribution in [1.82, 2.24) is 19.7 Å². The first kappa shape index (κ1) is 30.0. The molecule has 3 aliphatic rings. The topological polar surface area (TPSA) is 95.1 Å². The summed E-state index contributed by atoms with van der Waals surface area (Å²) in [6.07, 6.45) is 5.90. The van der Waals surface area contributed by atoms with Crippen molar-refractivity contribution in [3.8, 4) is 0 Å². The van der Waals surface area contributed by atoms with Crippen LogP contribution in [0.2, 0.25) is 0 Å². The van der Waals surface area contributed by atoms with E-state index in [0.717, 1.165) is 36.3 Å². The van der Waals surface area contributed by atoms with Gasteiger partial charge in [-0.2, -0.15) is 0 Å². The fourth-order valence-electron chi connectivity index (χ4n) is 5.63. The SMILES string of the molecule is C=C(CN(C)C)C(=O)N1CCCN(C(=O)C2CC(Sc3cnc(NC(=O)C4CC4)s3)C(C)CC2OC)C[C@H]1C. The van der Waals surface area contributed by atoms with Crippen molar-refractivity contribution < 1.29 is 19.1 Å². The highest BCUT2D eigenvalue weighted by atomic mass is 32.2. The molecule has 39 heavy (non-hydrogen) atoms. The molecular weight excluding hydrogens is 534 g/mol. The predicted octanol–water partition coefficient (Wildman–Crippen LogP) is 3.58. The lowest BCUT2D eigenvalue weighted by Gasteiger charge is -2.40. The smallest absolute Gasteiger partial charge is 0.250 e. The summed E-state index contributed by atoms with van der Waals surface area (Å²) in [5, 5.41) is 3.82. The molecule has 1 aromatic rings. The van der Waals surface area contributed by atoms with Gasteiger partial charge in [-0.15, -0.1) is 11.8 Å². The van der Waals surface area contributed by atoms with Gasteiger partial charge in [0.25, 0.3) is 5.91 Å². The van der Waals surface area contributed by atoms with E-state index in [1.54, 1.807) is 18.9 Å². The van der Waals surface area contributed by atoms with Gasteiger partial charge in [-0.3, -0.25) is 14.4 Å². The molecule has 1 saturated heterocycles. The van der Waals surface area contributed by atoms with Crippen LogP contribution in [-0.4, -0.2) is 102 Å². The number of carbonyl (C=O) groups excluding carboxylic acids is 3. The zero-order chi connectivity index (χ0) is 28.3. The van der Waals surface area contributed by atoms with Crippen LogP contribution in [0.15, 0.2) is 22.6 Å². The highest BCUT2D eigenvalue weighted by molar-refractivity contribution is 8.01. The monoisotopic (exact) mass is 577 g/mol. The lowest BCUT2D eigenvalue weighted by atomic mass is 9.79. The summed E-state index contributed by atoms with van der Waals surface area (Å²) in [5.74, 6) is 0.437. The van der Waals surface area contributed by atoms with Crippen molar-refractivity contribution in [3.05, 3.63) is 18.3 Å². The predicted molar refractivity (Wildman–Crippen MR) is 156 cm³/mol. The molecule has 1 N–H and O–H groups in total. The summed E-state index contributed by atoms with van der Waals surface area (Å²) < 4.78 is 6.90. The number of thioether (sulfide) groups is 1. The van der Waals surface area contributed by atoms with Gasteiger partial charge in [-0.1, -0.05) is 24.8 Å². The molecule has 2 heterocycles. The van der Waals surface area contributed by atoms with Crippen LogP contribution in [0.4, 0.5) is 5.13 Å². The van der Waals surface area contributed by atoms with Gasteiger partial charge in [0.2, 0.25) is 11.8 Å². The van der Waals surface area contributed by atoms with E-state index in [1.807, 2.05) is 41.9 Å². The summed E-state index contributed by atoms with van der Waals surface area (Å²) in [7, 11) is 5.55. The Morgan fingerprint density at radius 1 is 1.23 bits per heavy atom. The van der Waals surface area contributed by atoms with Gasteiger partial charge in [-0.05, 0) is 59.0 Å². The van der Waals surface area contributed by atoms with Gasteiger partial charge in [0, 0.05) is 56.1 Å². The highest BCUT2D eigenvalue weighted by Gasteiger charge is 2.42. The van der Waals surface area contributed by atoms with Crippen molar-refractivity contribution in [3.63, 3.8) is 0 Å². The van der Waals surface area contributed by atoms with Crippen LogP contribution in [0.1, 0.15) is 46.0 Å². The molecule has 11 heteroatoms. The van der Waals surface area contributed by atoms with E-state index >= 15 is 0 Å². The van der Waals surface area contributed by atoms with Crippen molar-refractivity contribution in [2.45, 2.75) is 67.6 Å². The average Bonchev–Trinajstić information content (AvgIpc) is 3.68. The van der Waals surface area contributed by atoms with Crippen molar-refractivity contribution in [2.24, 2.45) is 17.8 Å². The van der Waals surface area contributed by atoms with Crippen molar-refractivity contribution >= 4 is 46.0 Å². The summed E-state index contributed by atoms with van der Waals surface area (Å²) in [6.45, 7) is 10.5. The Bertz CT molecular complexity index is 1060. The lowest BCUT2D eigenvalue weighted by molar-refractivity contribution is -0.143. The number of amides is 3. The first-order chi connectivity index (χ1) is 18.6. The zero-order valence-electron chi connectivity index (χ0n) is 23.9. The van der Waals surface area contributed by atoms with Gasteiger partial charge >= 0.3 is 0 Å². The third kappa shape index (κ3) is 7.62. The minimum atomic E-state index is -0.233. The average molecular weight is 578 g/mol. The van der Waals surface area contributed by atoms with Gasteiger partial charge < -0.3 is 24.8 Å². The maximum absolute atomic E-state index is 13.9. The second-order valence-electron chi connectivity index (χ2n) is 11.6. The molecule has 216 valence electrons. The van der Waals surface area contributed by atoms with Crippen LogP contribution in [0.3, 0.4) is 0 Å². The third-order valence-corrected chi connectivity index (χ3v) is 10.5. The number of hydrogen-bond donors (Lipinski definition) is 1. The standard InChI is InChI=1S/C28H43N5O4S2/c1-17-12-22(37-6)21(13-23(17)38-24-14-29-28(39-24)30-25(34)20-8-9-20)27(36)32-10-7-11-33(19(3)16-32)26(35)18(2)15-31(4)5/h14,17,19-23H,2,7-13,15-16H2,1,3-6H3,(H,29,30,34)/t17?,19-,21?,22?,23?/m1/s1. The van der Waals surface area contributed by atoms with Gasteiger partial charge in [0.15, 0.2) is 5.13 Å². The quantitative estimate of drug-likeness (QED) is 0.449. The maximum Gasteiger partial charge on any atom is 0.250 e. The summed E-state index contributed by atoms with van der Waals surface area (Å²) in [4.78, 5) is 49.3. The van der Waals surface area contributed by atoms with Crippen LogP contribution < -0.4 is 5.32 Å². The minimum absolute atomic E-state index is 0.0273. The second kappa shape index (κ2) is 13.1. The maximum atomic E-state index is 13.9. The number of likely N-dealkylation sites (N-methyl/N-ethyl adjacent to an activating group) is 1. The highest BCUT2D eigenvalue weighted by Crippen LogP contribution is 2.43. The molecule has 1 aliphatic heterocycles. The van der Waals surface area contributed by atoms with Crippen LogP contribution in [0.5, 0.6) is 0 Å². The Morgan fingerprint density at radius 3 is 2.64 bits per heavy atom. The largest absolute Gasteiger partial charge is 0.381 e. The molecule has 1 aromatic heterocycles. The fraction of sp³-hybridized carbons (Fsp3) is 0.714. The summed E-state index contributed by atoms with van der Waals surface area (Å²) in [5.41, 5.74) is 0.575.